The molecule has 1 fully saturated rings. The maximum absolute atomic E-state index is 9.86. The van der Waals surface area contributed by atoms with Crippen LogP contribution in [0.4, 0.5) is 0 Å². The molecule has 0 radical (unpaired) electrons. The van der Waals surface area contributed by atoms with Crippen molar-refractivity contribution in [3.05, 3.63) is 12.2 Å². The summed E-state index contributed by atoms with van der Waals surface area (Å²) in [6, 6.07) is 0.218. The van der Waals surface area contributed by atoms with Crippen molar-refractivity contribution < 1.29 is 5.11 Å². The molecule has 1 heterocycles. The van der Waals surface area contributed by atoms with Crippen molar-refractivity contribution in [3.63, 3.8) is 0 Å². The lowest BCUT2D eigenvalue weighted by Crippen LogP contribution is -2.42. The van der Waals surface area contributed by atoms with Gasteiger partial charge in [0.25, 0.3) is 0 Å². The minimum absolute atomic E-state index is 0.203. The number of nitrogens with one attached hydrogen (secondary N) is 1. The zero-order valence-corrected chi connectivity index (χ0v) is 10.5. The molecule has 0 amide bonds. The number of aromatic nitrogens is 3. The van der Waals surface area contributed by atoms with Gasteiger partial charge < -0.3 is 10.4 Å². The van der Waals surface area contributed by atoms with Crippen molar-refractivity contribution in [2.45, 2.75) is 64.3 Å². The fourth-order valence-corrected chi connectivity index (χ4v) is 2.40. The van der Waals surface area contributed by atoms with Gasteiger partial charge in [-0.15, -0.1) is 0 Å². The predicted molar refractivity (Wildman–Crippen MR) is 65.4 cm³/mol. The summed E-state index contributed by atoms with van der Waals surface area (Å²) in [6.07, 6.45) is 6.78. The highest BCUT2D eigenvalue weighted by Gasteiger charge is 2.22. The zero-order valence-electron chi connectivity index (χ0n) is 10.5. The topological polar surface area (TPSA) is 63.0 Å². The van der Waals surface area contributed by atoms with Gasteiger partial charge in [-0.25, -0.2) is 9.67 Å². The number of aryl methyl sites for hydroxylation is 1. The van der Waals surface area contributed by atoms with E-state index in [0.29, 0.717) is 6.54 Å². The monoisotopic (exact) mass is 238 g/mol. The minimum Gasteiger partial charge on any atom is -0.392 e. The largest absolute Gasteiger partial charge is 0.392 e. The van der Waals surface area contributed by atoms with E-state index in [1.165, 1.54) is 6.42 Å². The van der Waals surface area contributed by atoms with Crippen LogP contribution in [0.25, 0.3) is 0 Å². The van der Waals surface area contributed by atoms with E-state index in [0.717, 1.165) is 38.1 Å². The van der Waals surface area contributed by atoms with Gasteiger partial charge in [0.15, 0.2) is 0 Å². The van der Waals surface area contributed by atoms with Crippen LogP contribution in [-0.2, 0) is 13.1 Å². The molecule has 2 atom stereocenters. The van der Waals surface area contributed by atoms with Crippen LogP contribution in [0.1, 0.15) is 44.9 Å². The summed E-state index contributed by atoms with van der Waals surface area (Å²) in [4.78, 5) is 4.25. The van der Waals surface area contributed by atoms with Gasteiger partial charge in [0, 0.05) is 12.6 Å². The third-order valence-electron chi connectivity index (χ3n) is 3.38. The second-order valence-corrected chi connectivity index (χ2v) is 4.74. The van der Waals surface area contributed by atoms with Gasteiger partial charge in [-0.3, -0.25) is 0 Å². The molecule has 5 nitrogen and oxygen atoms in total. The van der Waals surface area contributed by atoms with Gasteiger partial charge in [-0.2, -0.15) is 5.10 Å². The van der Waals surface area contributed by atoms with Crippen LogP contribution in [0, 0.1) is 0 Å². The molecule has 1 saturated carbocycles. The Hall–Kier alpha value is -0.940. The van der Waals surface area contributed by atoms with E-state index < -0.39 is 0 Å². The predicted octanol–water partition coefficient (Wildman–Crippen LogP) is 1.08. The van der Waals surface area contributed by atoms with Crippen LogP contribution >= 0.6 is 0 Å². The Morgan fingerprint density at radius 3 is 3.06 bits per heavy atom. The van der Waals surface area contributed by atoms with Gasteiger partial charge in [-0.1, -0.05) is 19.8 Å². The lowest BCUT2D eigenvalue weighted by Gasteiger charge is -2.28. The van der Waals surface area contributed by atoms with Crippen molar-refractivity contribution in [2.24, 2.45) is 0 Å². The molecule has 1 aromatic rings. The Labute approximate surface area is 102 Å². The first-order valence-corrected chi connectivity index (χ1v) is 6.59. The number of aliphatic hydroxyl groups is 1. The summed E-state index contributed by atoms with van der Waals surface area (Å²) in [5.74, 6) is 0.963. The van der Waals surface area contributed by atoms with Gasteiger partial charge >= 0.3 is 0 Å². The second-order valence-electron chi connectivity index (χ2n) is 4.74. The van der Waals surface area contributed by atoms with Crippen LogP contribution in [0.3, 0.4) is 0 Å². The van der Waals surface area contributed by atoms with Gasteiger partial charge in [-0.05, 0) is 19.3 Å². The van der Waals surface area contributed by atoms with Crippen LogP contribution < -0.4 is 5.32 Å². The SMILES string of the molecule is CCCn1ncnc1CNC1CCCCC1O. The molecule has 5 heteroatoms. The van der Waals surface area contributed by atoms with Crippen molar-refractivity contribution in [1.82, 2.24) is 20.1 Å². The molecule has 96 valence electrons. The first-order chi connectivity index (χ1) is 8.31. The van der Waals surface area contributed by atoms with Crippen LogP contribution in [-0.4, -0.2) is 32.0 Å². The summed E-state index contributed by atoms with van der Waals surface area (Å²) in [5, 5.41) is 17.5. The summed E-state index contributed by atoms with van der Waals surface area (Å²) < 4.78 is 1.93. The van der Waals surface area contributed by atoms with E-state index >= 15 is 0 Å². The van der Waals surface area contributed by atoms with Crippen LogP contribution in [0.2, 0.25) is 0 Å². The molecule has 0 aliphatic heterocycles. The normalized spacial score (nSPS) is 25.1. The first-order valence-electron chi connectivity index (χ1n) is 6.59. The molecule has 2 rings (SSSR count). The average molecular weight is 238 g/mol. The number of hydrogen-bond donors (Lipinski definition) is 2. The average Bonchev–Trinajstić information content (AvgIpc) is 2.76. The van der Waals surface area contributed by atoms with Crippen molar-refractivity contribution >= 4 is 0 Å². The molecule has 0 aromatic carbocycles. The Morgan fingerprint density at radius 2 is 2.29 bits per heavy atom. The number of rotatable bonds is 5. The highest BCUT2D eigenvalue weighted by Crippen LogP contribution is 2.18. The second kappa shape index (κ2) is 6.12. The highest BCUT2D eigenvalue weighted by atomic mass is 16.3. The molecule has 2 N–H and O–H groups in total. The molecular formula is C12H22N4O. The van der Waals surface area contributed by atoms with E-state index in [9.17, 15) is 5.11 Å². The summed E-state index contributed by atoms with van der Waals surface area (Å²) >= 11 is 0. The lowest BCUT2D eigenvalue weighted by atomic mass is 9.93. The highest BCUT2D eigenvalue weighted by molar-refractivity contribution is 4.87. The Balaban J connectivity index is 1.86. The van der Waals surface area contributed by atoms with E-state index in [-0.39, 0.29) is 12.1 Å². The van der Waals surface area contributed by atoms with Crippen molar-refractivity contribution in [3.8, 4) is 0 Å². The van der Waals surface area contributed by atoms with Crippen LogP contribution in [0.5, 0.6) is 0 Å². The number of hydrogen-bond acceptors (Lipinski definition) is 4. The maximum atomic E-state index is 9.86. The number of nitrogens with zero attached hydrogens (tertiary/aromatic N) is 3. The third kappa shape index (κ3) is 3.26. The fraction of sp³-hybridized carbons (Fsp3) is 0.833. The van der Waals surface area contributed by atoms with E-state index in [1.807, 2.05) is 4.68 Å². The first kappa shape index (κ1) is 12.5. The maximum Gasteiger partial charge on any atom is 0.140 e. The summed E-state index contributed by atoms with van der Waals surface area (Å²) in [7, 11) is 0. The summed E-state index contributed by atoms with van der Waals surface area (Å²) in [6.45, 7) is 3.73. The quantitative estimate of drug-likeness (QED) is 0.806. The minimum atomic E-state index is -0.203. The molecule has 17 heavy (non-hydrogen) atoms. The van der Waals surface area contributed by atoms with E-state index in [4.69, 9.17) is 0 Å². The van der Waals surface area contributed by atoms with Gasteiger partial charge in [0.1, 0.15) is 12.2 Å². The lowest BCUT2D eigenvalue weighted by molar-refractivity contribution is 0.0897. The Kier molecular flexibility index (Phi) is 4.50. The van der Waals surface area contributed by atoms with Gasteiger partial charge in [0.05, 0.1) is 12.6 Å². The molecule has 1 aromatic heterocycles. The van der Waals surface area contributed by atoms with E-state index in [1.54, 1.807) is 6.33 Å². The van der Waals surface area contributed by atoms with E-state index in [2.05, 4.69) is 22.3 Å². The molecule has 2 unspecified atom stereocenters. The smallest absolute Gasteiger partial charge is 0.140 e. The van der Waals surface area contributed by atoms with Gasteiger partial charge in [0.2, 0.25) is 0 Å². The summed E-state index contributed by atoms with van der Waals surface area (Å²) in [5.41, 5.74) is 0. The standard InChI is InChI=1S/C12H22N4O/c1-2-7-16-12(14-9-15-16)8-13-10-5-3-4-6-11(10)17/h9-11,13,17H,2-8H2,1H3. The zero-order chi connectivity index (χ0) is 12.1. The third-order valence-corrected chi connectivity index (χ3v) is 3.38. The Bertz CT molecular complexity index is 339. The van der Waals surface area contributed by atoms with Crippen molar-refractivity contribution in [2.75, 3.05) is 0 Å². The molecule has 1 aliphatic carbocycles. The Morgan fingerprint density at radius 1 is 1.47 bits per heavy atom. The fourth-order valence-electron chi connectivity index (χ4n) is 2.40. The molecule has 0 saturated heterocycles. The van der Waals surface area contributed by atoms with Crippen molar-refractivity contribution in [1.29, 1.82) is 0 Å². The van der Waals surface area contributed by atoms with Crippen LogP contribution in [0.15, 0.2) is 6.33 Å². The molecule has 0 bridgehead atoms. The number of aliphatic hydroxyl groups excluding tert-OH is 1. The molecule has 1 aliphatic rings. The molecule has 0 spiro atoms. The molecular weight excluding hydrogens is 216 g/mol.